The first-order valence-corrected chi connectivity index (χ1v) is 8.10. The van der Waals surface area contributed by atoms with Crippen LogP contribution in [0.1, 0.15) is 23.4 Å². The molecule has 1 aromatic carbocycles. The van der Waals surface area contributed by atoms with Gasteiger partial charge in [0.2, 0.25) is 11.9 Å². The van der Waals surface area contributed by atoms with Crippen LogP contribution >= 0.6 is 0 Å². The summed E-state index contributed by atoms with van der Waals surface area (Å²) in [7, 11) is 0. The summed E-state index contributed by atoms with van der Waals surface area (Å²) in [6.07, 6.45) is 1.06. The van der Waals surface area contributed by atoms with Crippen LogP contribution in [-0.4, -0.2) is 40.2 Å². The van der Waals surface area contributed by atoms with E-state index in [2.05, 4.69) is 20.6 Å². The Hall–Kier alpha value is -2.47. The number of benzene rings is 1. The summed E-state index contributed by atoms with van der Waals surface area (Å²) in [6, 6.07) is 11.2. The summed E-state index contributed by atoms with van der Waals surface area (Å²) in [4.78, 5) is 21.2. The largest absolute Gasteiger partial charge is 0.396 e. The lowest BCUT2D eigenvalue weighted by Crippen LogP contribution is -2.42. The van der Waals surface area contributed by atoms with Crippen molar-refractivity contribution in [1.29, 1.82) is 0 Å². The van der Waals surface area contributed by atoms with Crippen LogP contribution in [0.15, 0.2) is 36.4 Å². The van der Waals surface area contributed by atoms with Gasteiger partial charge in [0.05, 0.1) is 0 Å². The maximum absolute atomic E-state index is 12.5. The zero-order valence-electron chi connectivity index (χ0n) is 14.1. The fourth-order valence-electron chi connectivity index (χ4n) is 2.42. The number of nitrogens with one attached hydrogen (secondary N) is 2. The first kappa shape index (κ1) is 17.9. The van der Waals surface area contributed by atoms with E-state index < -0.39 is 6.04 Å². The average Bonchev–Trinajstić information content (AvgIpc) is 2.54. The molecule has 0 saturated heterocycles. The number of amides is 1. The molecule has 0 saturated carbocycles. The number of anilines is 1. The quantitative estimate of drug-likeness (QED) is 0.641. The number of aromatic nitrogens is 2. The summed E-state index contributed by atoms with van der Waals surface area (Å²) in [5, 5.41) is 14.8. The number of aliphatic hydroxyl groups is 1. The molecule has 6 nitrogen and oxygen atoms in total. The lowest BCUT2D eigenvalue weighted by Gasteiger charge is -2.19. The maximum atomic E-state index is 12.5. The first-order valence-electron chi connectivity index (χ1n) is 8.10. The molecule has 0 spiro atoms. The summed E-state index contributed by atoms with van der Waals surface area (Å²) in [5.74, 6) is 0.320. The number of nitrogens with zero attached hydrogens (tertiary/aromatic N) is 2. The minimum atomic E-state index is -0.479. The molecule has 0 unspecified atom stereocenters. The van der Waals surface area contributed by atoms with E-state index in [-0.39, 0.29) is 12.5 Å². The van der Waals surface area contributed by atoms with Crippen LogP contribution in [0.5, 0.6) is 0 Å². The number of carbonyl (C=O) groups excluding carboxylic acids is 1. The summed E-state index contributed by atoms with van der Waals surface area (Å²) in [5.41, 5.74) is 2.75. The molecule has 2 rings (SSSR count). The third-order valence-electron chi connectivity index (χ3n) is 3.52. The minimum Gasteiger partial charge on any atom is -0.396 e. The van der Waals surface area contributed by atoms with E-state index in [0.717, 1.165) is 17.0 Å². The van der Waals surface area contributed by atoms with Crippen molar-refractivity contribution in [1.82, 2.24) is 15.3 Å². The highest BCUT2D eigenvalue weighted by Gasteiger charge is 2.19. The van der Waals surface area contributed by atoms with Crippen molar-refractivity contribution in [3.63, 3.8) is 0 Å². The van der Waals surface area contributed by atoms with Gasteiger partial charge in [-0.2, -0.15) is 0 Å². The molecule has 0 fully saturated rings. The monoisotopic (exact) mass is 328 g/mol. The SMILES string of the molecule is Cc1cc(C)nc(N[C@@H](Cc2ccccc2)C(=O)NCCCO)n1. The zero-order chi connectivity index (χ0) is 17.4. The van der Waals surface area contributed by atoms with Crippen molar-refractivity contribution in [2.45, 2.75) is 32.7 Å². The molecule has 1 heterocycles. The maximum Gasteiger partial charge on any atom is 0.242 e. The van der Waals surface area contributed by atoms with Crippen molar-refractivity contribution >= 4 is 11.9 Å². The second kappa shape index (κ2) is 8.98. The predicted octanol–water partition coefficient (Wildman–Crippen LogP) is 1.62. The van der Waals surface area contributed by atoms with Gasteiger partial charge in [-0.25, -0.2) is 9.97 Å². The molecule has 0 aliphatic rings. The van der Waals surface area contributed by atoms with Crippen molar-refractivity contribution in [3.05, 3.63) is 53.3 Å². The Morgan fingerprint density at radius 1 is 1.17 bits per heavy atom. The standard InChI is InChI=1S/C18H24N4O2/c1-13-11-14(2)21-18(20-13)22-16(17(24)19-9-6-10-23)12-15-7-4-3-5-8-15/h3-5,7-8,11,16,23H,6,9-10,12H2,1-2H3,(H,19,24)(H,20,21,22)/t16-/m0/s1. The van der Waals surface area contributed by atoms with Crippen LogP contribution in [0.2, 0.25) is 0 Å². The van der Waals surface area contributed by atoms with Crippen molar-refractivity contribution < 1.29 is 9.90 Å². The lowest BCUT2D eigenvalue weighted by atomic mass is 10.1. The van der Waals surface area contributed by atoms with Gasteiger partial charge in [-0.15, -0.1) is 0 Å². The molecule has 6 heteroatoms. The summed E-state index contributed by atoms with van der Waals surface area (Å²) >= 11 is 0. The third-order valence-corrected chi connectivity index (χ3v) is 3.52. The number of hydrogen-bond donors (Lipinski definition) is 3. The Morgan fingerprint density at radius 3 is 2.46 bits per heavy atom. The van der Waals surface area contributed by atoms with E-state index in [1.165, 1.54) is 0 Å². The molecule has 0 radical (unpaired) electrons. The van der Waals surface area contributed by atoms with Crippen LogP contribution in [-0.2, 0) is 11.2 Å². The fraction of sp³-hybridized carbons (Fsp3) is 0.389. The highest BCUT2D eigenvalue weighted by Crippen LogP contribution is 2.10. The van der Waals surface area contributed by atoms with E-state index >= 15 is 0 Å². The molecular weight excluding hydrogens is 304 g/mol. The molecule has 128 valence electrons. The van der Waals surface area contributed by atoms with E-state index in [9.17, 15) is 4.79 Å². The van der Waals surface area contributed by atoms with Crippen LogP contribution in [0.25, 0.3) is 0 Å². The number of rotatable bonds is 8. The molecular formula is C18H24N4O2. The summed E-state index contributed by atoms with van der Waals surface area (Å²) in [6.45, 7) is 4.29. The number of aliphatic hydroxyl groups excluding tert-OH is 1. The molecule has 1 aromatic heterocycles. The van der Waals surface area contributed by atoms with Gasteiger partial charge in [-0.05, 0) is 31.9 Å². The van der Waals surface area contributed by atoms with Crippen LogP contribution in [0, 0.1) is 13.8 Å². The van der Waals surface area contributed by atoms with Gasteiger partial charge in [0.15, 0.2) is 0 Å². The highest BCUT2D eigenvalue weighted by molar-refractivity contribution is 5.84. The van der Waals surface area contributed by atoms with E-state index in [0.29, 0.717) is 25.3 Å². The number of aryl methyl sites for hydroxylation is 2. The van der Waals surface area contributed by atoms with Crippen LogP contribution < -0.4 is 10.6 Å². The highest BCUT2D eigenvalue weighted by atomic mass is 16.3. The molecule has 1 amide bonds. The Labute approximate surface area is 142 Å². The van der Waals surface area contributed by atoms with Crippen molar-refractivity contribution in [2.75, 3.05) is 18.5 Å². The predicted molar refractivity (Wildman–Crippen MR) is 93.8 cm³/mol. The van der Waals surface area contributed by atoms with Gasteiger partial charge < -0.3 is 15.7 Å². The van der Waals surface area contributed by atoms with Gasteiger partial charge in [0, 0.05) is 31.0 Å². The normalized spacial score (nSPS) is 11.8. The molecule has 1 atom stereocenters. The first-order chi connectivity index (χ1) is 11.6. The van der Waals surface area contributed by atoms with Crippen molar-refractivity contribution in [2.24, 2.45) is 0 Å². The van der Waals surface area contributed by atoms with E-state index in [1.807, 2.05) is 50.2 Å². The number of hydrogen-bond acceptors (Lipinski definition) is 5. The van der Waals surface area contributed by atoms with Crippen LogP contribution in [0.4, 0.5) is 5.95 Å². The molecule has 0 aliphatic carbocycles. The fourth-order valence-corrected chi connectivity index (χ4v) is 2.42. The molecule has 0 aliphatic heterocycles. The number of carbonyl (C=O) groups is 1. The Bertz CT molecular complexity index is 641. The van der Waals surface area contributed by atoms with Gasteiger partial charge in [0.1, 0.15) is 6.04 Å². The Morgan fingerprint density at radius 2 is 1.83 bits per heavy atom. The smallest absolute Gasteiger partial charge is 0.242 e. The van der Waals surface area contributed by atoms with Gasteiger partial charge in [0.25, 0.3) is 0 Å². The third kappa shape index (κ3) is 5.62. The van der Waals surface area contributed by atoms with Gasteiger partial charge in [-0.3, -0.25) is 4.79 Å². The lowest BCUT2D eigenvalue weighted by molar-refractivity contribution is -0.121. The summed E-state index contributed by atoms with van der Waals surface area (Å²) < 4.78 is 0. The Kier molecular flexibility index (Phi) is 6.69. The molecule has 3 N–H and O–H groups in total. The van der Waals surface area contributed by atoms with Gasteiger partial charge >= 0.3 is 0 Å². The van der Waals surface area contributed by atoms with Crippen molar-refractivity contribution in [3.8, 4) is 0 Å². The van der Waals surface area contributed by atoms with E-state index in [4.69, 9.17) is 5.11 Å². The minimum absolute atomic E-state index is 0.0528. The zero-order valence-corrected chi connectivity index (χ0v) is 14.1. The van der Waals surface area contributed by atoms with Crippen LogP contribution in [0.3, 0.4) is 0 Å². The second-order valence-electron chi connectivity index (χ2n) is 5.73. The molecule has 2 aromatic rings. The second-order valence-corrected chi connectivity index (χ2v) is 5.73. The van der Waals surface area contributed by atoms with E-state index in [1.54, 1.807) is 0 Å². The average molecular weight is 328 g/mol. The molecule has 0 bridgehead atoms. The Balaban J connectivity index is 2.13. The topological polar surface area (TPSA) is 87.1 Å². The van der Waals surface area contributed by atoms with Gasteiger partial charge in [-0.1, -0.05) is 30.3 Å². The molecule has 24 heavy (non-hydrogen) atoms.